The summed E-state index contributed by atoms with van der Waals surface area (Å²) < 4.78 is 10.6. The molecule has 3 aromatic carbocycles. The average molecular weight is 429 g/mol. The van der Waals surface area contributed by atoms with E-state index in [1.165, 1.54) is 19.1 Å². The molecule has 1 aliphatic heterocycles. The van der Waals surface area contributed by atoms with Crippen LogP contribution in [0.3, 0.4) is 0 Å². The van der Waals surface area contributed by atoms with Crippen molar-refractivity contribution in [2.24, 2.45) is 0 Å². The number of Topliss-reactive ketones (excluding diaryl/α,β-unsaturated/α-hetero) is 1. The van der Waals surface area contributed by atoms with E-state index >= 15 is 0 Å². The maximum atomic E-state index is 13.2. The Labute approximate surface area is 186 Å². The Morgan fingerprint density at radius 1 is 0.906 bits per heavy atom. The summed E-state index contributed by atoms with van der Waals surface area (Å²) >= 11 is 0. The second kappa shape index (κ2) is 8.59. The second-order valence-electron chi connectivity index (χ2n) is 7.43. The molecule has 0 aromatic heterocycles. The van der Waals surface area contributed by atoms with Gasteiger partial charge in [-0.3, -0.25) is 14.5 Å². The van der Waals surface area contributed by atoms with E-state index in [2.05, 4.69) is 0 Å². The van der Waals surface area contributed by atoms with Gasteiger partial charge in [0.05, 0.1) is 31.4 Å². The highest BCUT2D eigenvalue weighted by Crippen LogP contribution is 2.44. The number of methoxy groups -OCH3 is 2. The quantitative estimate of drug-likeness (QED) is 0.363. The fraction of sp³-hybridized carbons (Fsp3) is 0.154. The SMILES string of the molecule is COc1ccc(/C(O)=C2/C(=O)C(=O)N(c3ccccc3C)C2c2ccccc2)c(OC)c1. The van der Waals surface area contributed by atoms with Crippen molar-refractivity contribution in [3.8, 4) is 11.5 Å². The van der Waals surface area contributed by atoms with Gasteiger partial charge >= 0.3 is 0 Å². The van der Waals surface area contributed by atoms with Gasteiger partial charge < -0.3 is 14.6 Å². The van der Waals surface area contributed by atoms with Crippen molar-refractivity contribution in [3.63, 3.8) is 0 Å². The maximum absolute atomic E-state index is 13.2. The van der Waals surface area contributed by atoms with Gasteiger partial charge in [0, 0.05) is 11.8 Å². The molecule has 1 heterocycles. The van der Waals surface area contributed by atoms with E-state index in [-0.39, 0.29) is 11.3 Å². The first kappa shape index (κ1) is 21.2. The summed E-state index contributed by atoms with van der Waals surface area (Å²) in [4.78, 5) is 27.9. The largest absolute Gasteiger partial charge is 0.507 e. The van der Waals surface area contributed by atoms with Crippen LogP contribution >= 0.6 is 0 Å². The van der Waals surface area contributed by atoms with Crippen molar-refractivity contribution >= 4 is 23.1 Å². The van der Waals surface area contributed by atoms with Crippen molar-refractivity contribution in [2.75, 3.05) is 19.1 Å². The molecule has 0 saturated carbocycles. The molecule has 1 fully saturated rings. The summed E-state index contributed by atoms with van der Waals surface area (Å²) in [7, 11) is 2.99. The summed E-state index contributed by atoms with van der Waals surface area (Å²) in [5, 5.41) is 11.3. The Morgan fingerprint density at radius 2 is 1.59 bits per heavy atom. The van der Waals surface area contributed by atoms with Crippen molar-refractivity contribution in [3.05, 3.63) is 95.1 Å². The van der Waals surface area contributed by atoms with E-state index in [1.54, 1.807) is 24.3 Å². The van der Waals surface area contributed by atoms with Crippen LogP contribution < -0.4 is 14.4 Å². The summed E-state index contributed by atoms with van der Waals surface area (Å²) in [5.41, 5.74) is 2.48. The van der Waals surface area contributed by atoms with E-state index < -0.39 is 17.7 Å². The fourth-order valence-electron chi connectivity index (χ4n) is 4.00. The molecule has 0 bridgehead atoms. The number of carbonyl (C=O) groups excluding carboxylic acids is 2. The van der Waals surface area contributed by atoms with Crippen LogP contribution in [0.25, 0.3) is 5.76 Å². The van der Waals surface area contributed by atoms with Crippen LogP contribution in [0.5, 0.6) is 11.5 Å². The minimum atomic E-state index is -0.788. The van der Waals surface area contributed by atoms with E-state index in [4.69, 9.17) is 9.47 Å². The number of hydrogen-bond donors (Lipinski definition) is 1. The van der Waals surface area contributed by atoms with E-state index in [0.29, 0.717) is 28.3 Å². The predicted octanol–water partition coefficient (Wildman–Crippen LogP) is 4.64. The van der Waals surface area contributed by atoms with Gasteiger partial charge in [-0.2, -0.15) is 0 Å². The van der Waals surface area contributed by atoms with Crippen molar-refractivity contribution in [2.45, 2.75) is 13.0 Å². The number of carbonyl (C=O) groups is 2. The molecule has 1 saturated heterocycles. The van der Waals surface area contributed by atoms with Gasteiger partial charge in [0.25, 0.3) is 11.7 Å². The molecule has 6 nitrogen and oxygen atoms in total. The van der Waals surface area contributed by atoms with E-state index in [0.717, 1.165) is 5.56 Å². The Morgan fingerprint density at radius 3 is 2.25 bits per heavy atom. The molecular formula is C26H23NO5. The molecule has 32 heavy (non-hydrogen) atoms. The summed E-state index contributed by atoms with van der Waals surface area (Å²) in [6.07, 6.45) is 0. The van der Waals surface area contributed by atoms with Gasteiger partial charge in [-0.25, -0.2) is 0 Å². The lowest BCUT2D eigenvalue weighted by Crippen LogP contribution is -2.30. The first-order valence-electron chi connectivity index (χ1n) is 10.1. The summed E-state index contributed by atoms with van der Waals surface area (Å²) in [6, 6.07) is 20.6. The van der Waals surface area contributed by atoms with Crippen LogP contribution in [0.15, 0.2) is 78.4 Å². The van der Waals surface area contributed by atoms with Gasteiger partial charge in [-0.1, -0.05) is 48.5 Å². The molecule has 4 rings (SSSR count). The average Bonchev–Trinajstić information content (AvgIpc) is 3.09. The Hall–Kier alpha value is -4.06. The first-order valence-corrected chi connectivity index (χ1v) is 10.1. The standard InChI is InChI=1S/C26H23NO5/c1-16-9-7-8-12-20(16)27-23(17-10-5-4-6-11-17)22(25(29)26(27)30)24(28)19-14-13-18(31-2)15-21(19)32-3/h4-15,23,28H,1-3H3/b24-22-. The number of nitrogens with zero attached hydrogens (tertiary/aromatic N) is 1. The predicted molar refractivity (Wildman–Crippen MR) is 122 cm³/mol. The van der Waals surface area contributed by atoms with Gasteiger partial charge in [0.1, 0.15) is 17.3 Å². The molecule has 1 amide bonds. The molecule has 0 aliphatic carbocycles. The molecule has 1 N–H and O–H groups in total. The van der Waals surface area contributed by atoms with Crippen LogP contribution in [0.4, 0.5) is 5.69 Å². The zero-order valence-electron chi connectivity index (χ0n) is 18.0. The molecule has 0 radical (unpaired) electrons. The third-order valence-electron chi connectivity index (χ3n) is 5.60. The first-order chi connectivity index (χ1) is 15.5. The number of aliphatic hydroxyl groups excluding tert-OH is 1. The number of aliphatic hydroxyl groups is 1. The second-order valence-corrected chi connectivity index (χ2v) is 7.43. The number of ketones is 1. The van der Waals surface area contributed by atoms with Crippen molar-refractivity contribution < 1.29 is 24.2 Å². The zero-order valence-corrected chi connectivity index (χ0v) is 18.0. The minimum Gasteiger partial charge on any atom is -0.507 e. The number of para-hydroxylation sites is 1. The summed E-state index contributed by atoms with van der Waals surface area (Å²) in [6.45, 7) is 1.88. The maximum Gasteiger partial charge on any atom is 0.300 e. The Kier molecular flexibility index (Phi) is 5.69. The highest BCUT2D eigenvalue weighted by atomic mass is 16.5. The highest BCUT2D eigenvalue weighted by Gasteiger charge is 2.47. The molecule has 0 spiro atoms. The third kappa shape index (κ3) is 3.50. The highest BCUT2D eigenvalue weighted by molar-refractivity contribution is 6.51. The minimum absolute atomic E-state index is 0.00733. The molecular weight excluding hydrogens is 406 g/mol. The molecule has 1 unspecified atom stereocenters. The zero-order chi connectivity index (χ0) is 22.8. The van der Waals surface area contributed by atoms with Gasteiger partial charge in [-0.05, 0) is 36.2 Å². The van der Waals surface area contributed by atoms with Crippen LogP contribution in [0, 0.1) is 6.92 Å². The smallest absolute Gasteiger partial charge is 0.300 e. The number of benzene rings is 3. The molecule has 1 atom stereocenters. The number of anilines is 1. The lowest BCUT2D eigenvalue weighted by Gasteiger charge is -2.26. The molecule has 3 aromatic rings. The van der Waals surface area contributed by atoms with Crippen molar-refractivity contribution in [1.29, 1.82) is 0 Å². The van der Waals surface area contributed by atoms with Gasteiger partial charge in [0.15, 0.2) is 0 Å². The number of amides is 1. The van der Waals surface area contributed by atoms with Gasteiger partial charge in [-0.15, -0.1) is 0 Å². The van der Waals surface area contributed by atoms with E-state index in [1.807, 2.05) is 55.5 Å². The normalized spacial score (nSPS) is 17.5. The number of rotatable bonds is 5. The number of aryl methyl sites for hydroxylation is 1. The van der Waals surface area contributed by atoms with Crippen LogP contribution in [0.2, 0.25) is 0 Å². The molecule has 6 heteroatoms. The van der Waals surface area contributed by atoms with Crippen molar-refractivity contribution in [1.82, 2.24) is 0 Å². The topological polar surface area (TPSA) is 76.1 Å². The Balaban J connectivity index is 1.97. The van der Waals surface area contributed by atoms with Crippen LogP contribution in [-0.4, -0.2) is 31.0 Å². The summed E-state index contributed by atoms with van der Waals surface area (Å²) in [5.74, 6) is -0.874. The van der Waals surface area contributed by atoms with E-state index in [9.17, 15) is 14.7 Å². The lowest BCUT2D eigenvalue weighted by atomic mass is 9.94. The monoisotopic (exact) mass is 429 g/mol. The number of ether oxygens (including phenoxy) is 2. The Bertz CT molecular complexity index is 1220. The fourth-order valence-corrected chi connectivity index (χ4v) is 4.00. The van der Waals surface area contributed by atoms with Crippen LogP contribution in [-0.2, 0) is 9.59 Å². The molecule has 162 valence electrons. The third-order valence-corrected chi connectivity index (χ3v) is 5.60. The lowest BCUT2D eigenvalue weighted by molar-refractivity contribution is -0.132. The van der Waals surface area contributed by atoms with Crippen LogP contribution in [0.1, 0.15) is 22.7 Å². The molecule has 1 aliphatic rings. The number of hydrogen-bond acceptors (Lipinski definition) is 5. The van der Waals surface area contributed by atoms with Gasteiger partial charge in [0.2, 0.25) is 0 Å².